The number of cyclic esters (lactones) is 2. The zero-order chi connectivity index (χ0) is 8.97. The van der Waals surface area contributed by atoms with Gasteiger partial charge in [-0.15, -0.1) is 0 Å². The molecule has 0 bridgehead atoms. The summed E-state index contributed by atoms with van der Waals surface area (Å²) in [7, 11) is 0. The molecule has 4 nitrogen and oxygen atoms in total. The number of amides is 1. The lowest BCUT2D eigenvalue weighted by Gasteiger charge is -2.02. The van der Waals surface area contributed by atoms with Crippen LogP contribution in [0.15, 0.2) is 0 Å². The Morgan fingerprint density at radius 2 is 2.17 bits per heavy atom. The van der Waals surface area contributed by atoms with Gasteiger partial charge in [-0.1, -0.05) is 26.2 Å². The molecule has 0 spiro atoms. The predicted octanol–water partition coefficient (Wildman–Crippen LogP) is 1.20. The van der Waals surface area contributed by atoms with Crippen molar-refractivity contribution in [2.75, 3.05) is 0 Å². The first-order chi connectivity index (χ1) is 5.74. The fourth-order valence-electron chi connectivity index (χ4n) is 1.18. The Kier molecular flexibility index (Phi) is 3.08. The number of carbonyl (C=O) groups is 2. The largest absolute Gasteiger partial charge is 0.415 e. The second-order valence-electron chi connectivity index (χ2n) is 2.90. The number of carbonyl (C=O) groups excluding carboxylic acids is 2. The summed E-state index contributed by atoms with van der Waals surface area (Å²) < 4.78 is 4.32. The molecule has 1 atom stereocenters. The lowest BCUT2D eigenvalue weighted by Crippen LogP contribution is -2.28. The molecule has 0 saturated carbocycles. The molecule has 68 valence electrons. The van der Waals surface area contributed by atoms with Crippen molar-refractivity contribution in [3.63, 3.8) is 0 Å². The van der Waals surface area contributed by atoms with E-state index in [1.165, 1.54) is 0 Å². The number of esters is 1. The smallest absolute Gasteiger partial charge is 0.375 e. The number of unbranched alkanes of at least 4 members (excludes halogenated alkanes) is 2. The van der Waals surface area contributed by atoms with Crippen LogP contribution in [0.3, 0.4) is 0 Å². The Hall–Kier alpha value is -1.06. The molecule has 1 N–H and O–H groups in total. The van der Waals surface area contributed by atoms with Crippen LogP contribution in [-0.2, 0) is 9.53 Å². The average molecular weight is 171 g/mol. The maximum atomic E-state index is 10.9. The SMILES string of the molecule is CCCCCC1NC(=O)OC1=O. The van der Waals surface area contributed by atoms with Crippen molar-refractivity contribution in [1.82, 2.24) is 5.32 Å². The van der Waals surface area contributed by atoms with Crippen LogP contribution in [0.25, 0.3) is 0 Å². The number of hydrogen-bond acceptors (Lipinski definition) is 3. The van der Waals surface area contributed by atoms with E-state index in [1.54, 1.807) is 0 Å². The third-order valence-corrected chi connectivity index (χ3v) is 1.87. The monoisotopic (exact) mass is 171 g/mol. The first kappa shape index (κ1) is 9.03. The van der Waals surface area contributed by atoms with E-state index >= 15 is 0 Å². The van der Waals surface area contributed by atoms with Gasteiger partial charge >= 0.3 is 12.1 Å². The lowest BCUT2D eigenvalue weighted by molar-refractivity contribution is -0.135. The van der Waals surface area contributed by atoms with Gasteiger partial charge in [0.15, 0.2) is 0 Å². The van der Waals surface area contributed by atoms with Gasteiger partial charge in [-0.3, -0.25) is 0 Å². The van der Waals surface area contributed by atoms with Crippen molar-refractivity contribution in [2.45, 2.75) is 38.6 Å². The Balaban J connectivity index is 2.24. The Labute approximate surface area is 71.3 Å². The number of nitrogens with one attached hydrogen (secondary N) is 1. The molecule has 0 aliphatic carbocycles. The Morgan fingerprint density at radius 1 is 1.42 bits per heavy atom. The first-order valence-electron chi connectivity index (χ1n) is 4.26. The molecule has 0 aromatic rings. The van der Waals surface area contributed by atoms with Crippen molar-refractivity contribution in [3.8, 4) is 0 Å². The molecule has 12 heavy (non-hydrogen) atoms. The number of hydrogen-bond donors (Lipinski definition) is 1. The topological polar surface area (TPSA) is 55.4 Å². The summed E-state index contributed by atoms with van der Waals surface area (Å²) in [5.74, 6) is -0.434. The van der Waals surface area contributed by atoms with Crippen LogP contribution in [0.2, 0.25) is 0 Å². The van der Waals surface area contributed by atoms with Gasteiger partial charge in [0.2, 0.25) is 0 Å². The summed E-state index contributed by atoms with van der Waals surface area (Å²) in [6.07, 6.45) is 3.23. The van der Waals surface area contributed by atoms with E-state index in [1.807, 2.05) is 0 Å². The molecule has 1 unspecified atom stereocenters. The highest BCUT2D eigenvalue weighted by molar-refractivity contribution is 5.95. The zero-order valence-corrected chi connectivity index (χ0v) is 7.13. The summed E-state index contributed by atoms with van der Waals surface area (Å²) in [5.41, 5.74) is 0. The van der Waals surface area contributed by atoms with Crippen LogP contribution in [0.1, 0.15) is 32.6 Å². The van der Waals surface area contributed by atoms with E-state index in [0.29, 0.717) is 6.42 Å². The van der Waals surface area contributed by atoms with E-state index in [4.69, 9.17) is 0 Å². The second-order valence-corrected chi connectivity index (χ2v) is 2.90. The molecule has 0 radical (unpaired) electrons. The van der Waals surface area contributed by atoms with Gasteiger partial charge in [0.05, 0.1) is 0 Å². The summed E-state index contributed by atoms with van der Waals surface area (Å²) in [4.78, 5) is 21.4. The highest BCUT2D eigenvalue weighted by atomic mass is 16.6. The van der Waals surface area contributed by atoms with Crippen LogP contribution in [0.4, 0.5) is 4.79 Å². The van der Waals surface area contributed by atoms with Gasteiger partial charge < -0.3 is 10.1 Å². The summed E-state index contributed by atoms with van der Waals surface area (Å²) in [5, 5.41) is 2.45. The van der Waals surface area contributed by atoms with Crippen LogP contribution in [0.5, 0.6) is 0 Å². The maximum absolute atomic E-state index is 10.9. The van der Waals surface area contributed by atoms with E-state index in [0.717, 1.165) is 19.3 Å². The maximum Gasteiger partial charge on any atom is 0.415 e. The lowest BCUT2D eigenvalue weighted by atomic mass is 10.1. The van der Waals surface area contributed by atoms with E-state index in [-0.39, 0.29) is 0 Å². The molecule has 1 aliphatic heterocycles. The van der Waals surface area contributed by atoms with Crippen LogP contribution in [-0.4, -0.2) is 18.1 Å². The van der Waals surface area contributed by atoms with E-state index < -0.39 is 18.1 Å². The fraction of sp³-hybridized carbons (Fsp3) is 0.750. The number of rotatable bonds is 4. The van der Waals surface area contributed by atoms with Gasteiger partial charge in [0.25, 0.3) is 0 Å². The molecule has 1 heterocycles. The zero-order valence-electron chi connectivity index (χ0n) is 7.13. The van der Waals surface area contributed by atoms with Gasteiger partial charge in [-0.05, 0) is 6.42 Å². The van der Waals surface area contributed by atoms with Gasteiger partial charge in [-0.2, -0.15) is 0 Å². The standard InChI is InChI=1S/C8H13NO3/c1-2-3-4-5-6-7(10)12-8(11)9-6/h6H,2-5H2,1H3,(H,9,11). The molecular formula is C8H13NO3. The van der Waals surface area contributed by atoms with Crippen molar-refractivity contribution in [1.29, 1.82) is 0 Å². The molecule has 1 rings (SSSR count). The minimum absolute atomic E-state index is 0.399. The molecule has 0 aromatic carbocycles. The normalized spacial score (nSPS) is 22.2. The Morgan fingerprint density at radius 3 is 2.67 bits per heavy atom. The van der Waals surface area contributed by atoms with Crippen molar-refractivity contribution >= 4 is 12.1 Å². The molecule has 1 fully saturated rings. The number of ether oxygens (including phenoxy) is 1. The van der Waals surface area contributed by atoms with Crippen molar-refractivity contribution in [2.24, 2.45) is 0 Å². The minimum Gasteiger partial charge on any atom is -0.375 e. The van der Waals surface area contributed by atoms with Crippen molar-refractivity contribution in [3.05, 3.63) is 0 Å². The van der Waals surface area contributed by atoms with Gasteiger partial charge in [0, 0.05) is 0 Å². The van der Waals surface area contributed by atoms with Crippen LogP contribution in [0, 0.1) is 0 Å². The summed E-state index contributed by atoms with van der Waals surface area (Å²) >= 11 is 0. The summed E-state index contributed by atoms with van der Waals surface area (Å²) in [6.45, 7) is 2.09. The second kappa shape index (κ2) is 4.09. The van der Waals surface area contributed by atoms with Crippen molar-refractivity contribution < 1.29 is 14.3 Å². The highest BCUT2D eigenvalue weighted by Crippen LogP contribution is 2.09. The van der Waals surface area contributed by atoms with Gasteiger partial charge in [-0.25, -0.2) is 9.59 Å². The fourth-order valence-corrected chi connectivity index (χ4v) is 1.18. The molecule has 4 heteroatoms. The predicted molar refractivity (Wildman–Crippen MR) is 42.6 cm³/mol. The number of alkyl carbamates (subject to hydrolysis) is 1. The molecule has 0 aromatic heterocycles. The van der Waals surface area contributed by atoms with Gasteiger partial charge in [0.1, 0.15) is 6.04 Å². The quantitative estimate of drug-likeness (QED) is 0.393. The summed E-state index contributed by atoms with van der Waals surface area (Å²) in [6, 6.07) is -0.399. The molecular weight excluding hydrogens is 158 g/mol. The molecule has 1 saturated heterocycles. The third-order valence-electron chi connectivity index (χ3n) is 1.87. The average Bonchev–Trinajstić information content (AvgIpc) is 2.31. The molecule has 1 aliphatic rings. The Bertz CT molecular complexity index is 191. The van der Waals surface area contributed by atoms with Crippen LogP contribution < -0.4 is 5.32 Å². The van der Waals surface area contributed by atoms with E-state index in [9.17, 15) is 9.59 Å². The third kappa shape index (κ3) is 2.22. The van der Waals surface area contributed by atoms with Crippen LogP contribution >= 0.6 is 0 Å². The first-order valence-corrected chi connectivity index (χ1v) is 4.26. The minimum atomic E-state index is -0.610. The molecule has 1 amide bonds. The van der Waals surface area contributed by atoms with E-state index in [2.05, 4.69) is 17.0 Å². The highest BCUT2D eigenvalue weighted by Gasteiger charge is 2.31.